The second-order valence-corrected chi connectivity index (χ2v) is 5.58. The molecule has 7 nitrogen and oxygen atoms in total. The number of benzene rings is 1. The number of ether oxygens (including phenoxy) is 2. The van der Waals surface area contributed by atoms with E-state index in [0.717, 1.165) is 5.69 Å². The van der Waals surface area contributed by atoms with Crippen LogP contribution in [0.25, 0.3) is 0 Å². The normalized spacial score (nSPS) is 12.0. The van der Waals surface area contributed by atoms with Gasteiger partial charge in [-0.1, -0.05) is 12.1 Å². The average molecular weight is 367 g/mol. The van der Waals surface area contributed by atoms with Gasteiger partial charge in [-0.05, 0) is 32.9 Å². The first kappa shape index (κ1) is 19.4. The third-order valence-corrected chi connectivity index (χ3v) is 3.73. The molecule has 1 heterocycles. The zero-order chi connectivity index (χ0) is 19.4. The number of aromatic nitrogens is 2. The van der Waals surface area contributed by atoms with Gasteiger partial charge in [-0.15, -0.1) is 0 Å². The Morgan fingerprint density at radius 3 is 2.46 bits per heavy atom. The van der Waals surface area contributed by atoms with E-state index >= 15 is 0 Å². The summed E-state index contributed by atoms with van der Waals surface area (Å²) >= 11 is 0. The summed E-state index contributed by atoms with van der Waals surface area (Å²) < 4.78 is 35.8. The van der Waals surface area contributed by atoms with Crippen LogP contribution in [0, 0.1) is 13.8 Å². The van der Waals surface area contributed by atoms with Crippen molar-refractivity contribution >= 4 is 17.6 Å². The van der Waals surface area contributed by atoms with E-state index in [9.17, 15) is 18.4 Å². The summed E-state index contributed by atoms with van der Waals surface area (Å²) in [4.78, 5) is 24.5. The minimum Gasteiger partial charge on any atom is -0.449 e. The molecule has 140 valence electrons. The largest absolute Gasteiger partial charge is 0.449 e. The van der Waals surface area contributed by atoms with Gasteiger partial charge in [-0.2, -0.15) is 13.9 Å². The SMILES string of the molecule is Cc1nn(C)c(C)c1NC(=O)[C@H](C)OC(=O)c1ccccc1OC(F)F. The van der Waals surface area contributed by atoms with E-state index in [1.54, 1.807) is 25.6 Å². The Balaban J connectivity index is 2.08. The summed E-state index contributed by atoms with van der Waals surface area (Å²) in [6, 6.07) is 5.41. The van der Waals surface area contributed by atoms with Crippen molar-refractivity contribution in [3.63, 3.8) is 0 Å². The molecule has 2 rings (SSSR count). The van der Waals surface area contributed by atoms with Gasteiger partial charge in [0, 0.05) is 7.05 Å². The zero-order valence-corrected chi connectivity index (χ0v) is 14.7. The third kappa shape index (κ3) is 4.35. The highest BCUT2D eigenvalue weighted by Gasteiger charge is 2.24. The van der Waals surface area contributed by atoms with Crippen molar-refractivity contribution in [1.82, 2.24) is 9.78 Å². The van der Waals surface area contributed by atoms with Crippen LogP contribution in [0.5, 0.6) is 5.75 Å². The van der Waals surface area contributed by atoms with Gasteiger partial charge < -0.3 is 14.8 Å². The Labute approximate surface area is 148 Å². The number of anilines is 1. The fourth-order valence-corrected chi connectivity index (χ4v) is 2.29. The molecule has 0 radical (unpaired) electrons. The molecule has 0 saturated carbocycles. The number of halogens is 2. The molecule has 1 N–H and O–H groups in total. The molecule has 0 fully saturated rings. The highest BCUT2D eigenvalue weighted by atomic mass is 19.3. The van der Waals surface area contributed by atoms with Crippen molar-refractivity contribution in [1.29, 1.82) is 0 Å². The number of nitrogens with zero attached hydrogens (tertiary/aromatic N) is 2. The molecule has 0 aliphatic carbocycles. The lowest BCUT2D eigenvalue weighted by Gasteiger charge is -2.15. The Hall–Kier alpha value is -2.97. The number of nitrogens with one attached hydrogen (secondary N) is 1. The van der Waals surface area contributed by atoms with Crippen LogP contribution in [0.4, 0.5) is 14.5 Å². The van der Waals surface area contributed by atoms with Gasteiger partial charge in [0.05, 0.1) is 17.1 Å². The van der Waals surface area contributed by atoms with Crippen molar-refractivity contribution in [3.05, 3.63) is 41.2 Å². The summed E-state index contributed by atoms with van der Waals surface area (Å²) in [5, 5.41) is 6.83. The van der Waals surface area contributed by atoms with Gasteiger partial charge in [0.1, 0.15) is 11.3 Å². The van der Waals surface area contributed by atoms with Crippen LogP contribution in [-0.2, 0) is 16.6 Å². The molecule has 1 aromatic carbocycles. The molecule has 9 heteroatoms. The predicted octanol–water partition coefficient (Wildman–Crippen LogP) is 2.82. The lowest BCUT2D eigenvalue weighted by Crippen LogP contribution is -2.30. The average Bonchev–Trinajstić information content (AvgIpc) is 2.80. The minimum atomic E-state index is -3.08. The maximum atomic E-state index is 12.4. The second kappa shape index (κ2) is 7.94. The molecular formula is C17H19F2N3O4. The molecule has 0 bridgehead atoms. The maximum absolute atomic E-state index is 12.4. The highest BCUT2D eigenvalue weighted by molar-refractivity contribution is 5.98. The Bertz CT molecular complexity index is 820. The number of carbonyl (C=O) groups excluding carboxylic acids is 2. The number of rotatable bonds is 6. The fourth-order valence-electron chi connectivity index (χ4n) is 2.29. The van der Waals surface area contributed by atoms with Crippen molar-refractivity contribution < 1.29 is 27.8 Å². The van der Waals surface area contributed by atoms with Gasteiger partial charge in [0.25, 0.3) is 5.91 Å². The van der Waals surface area contributed by atoms with Crippen molar-refractivity contribution in [3.8, 4) is 5.75 Å². The van der Waals surface area contributed by atoms with Crippen molar-refractivity contribution in [2.75, 3.05) is 5.32 Å². The number of aryl methyl sites for hydroxylation is 2. The number of amides is 1. The molecule has 1 amide bonds. The van der Waals surface area contributed by atoms with Crippen LogP contribution in [0.15, 0.2) is 24.3 Å². The predicted molar refractivity (Wildman–Crippen MR) is 89.3 cm³/mol. The molecule has 26 heavy (non-hydrogen) atoms. The number of hydrogen-bond acceptors (Lipinski definition) is 5. The molecule has 0 unspecified atom stereocenters. The highest BCUT2D eigenvalue weighted by Crippen LogP contribution is 2.22. The number of hydrogen-bond donors (Lipinski definition) is 1. The first-order chi connectivity index (χ1) is 12.2. The van der Waals surface area contributed by atoms with E-state index in [-0.39, 0.29) is 11.3 Å². The molecule has 0 aliphatic rings. The molecule has 0 aliphatic heterocycles. The standard InChI is InChI=1S/C17H19F2N3O4/c1-9-14(10(2)22(4)21-9)20-15(23)11(3)25-16(24)12-7-5-6-8-13(12)26-17(18)19/h5-8,11,17H,1-4H3,(H,20,23)/t11-/m0/s1. The lowest BCUT2D eigenvalue weighted by atomic mass is 10.2. The van der Waals surface area contributed by atoms with Crippen LogP contribution >= 0.6 is 0 Å². The van der Waals surface area contributed by atoms with E-state index in [4.69, 9.17) is 4.74 Å². The molecule has 0 spiro atoms. The first-order valence-corrected chi connectivity index (χ1v) is 7.76. The number of carbonyl (C=O) groups is 2. The van der Waals surface area contributed by atoms with Gasteiger partial charge in [0.2, 0.25) is 0 Å². The van der Waals surface area contributed by atoms with Crippen LogP contribution in [0.1, 0.15) is 28.7 Å². The van der Waals surface area contributed by atoms with Gasteiger partial charge in [0.15, 0.2) is 6.10 Å². The summed E-state index contributed by atoms with van der Waals surface area (Å²) in [5.41, 5.74) is 1.70. The topological polar surface area (TPSA) is 82.5 Å². The van der Waals surface area contributed by atoms with E-state index < -0.39 is 24.6 Å². The fraction of sp³-hybridized carbons (Fsp3) is 0.353. The second-order valence-electron chi connectivity index (χ2n) is 5.58. The quantitative estimate of drug-likeness (QED) is 0.794. The molecule has 0 saturated heterocycles. The van der Waals surface area contributed by atoms with E-state index in [0.29, 0.717) is 11.4 Å². The van der Waals surface area contributed by atoms with E-state index in [1.807, 2.05) is 0 Å². The summed E-state index contributed by atoms with van der Waals surface area (Å²) in [6.45, 7) is 1.81. The Morgan fingerprint density at radius 2 is 1.88 bits per heavy atom. The van der Waals surface area contributed by atoms with Gasteiger partial charge in [-0.25, -0.2) is 4.79 Å². The van der Waals surface area contributed by atoms with E-state index in [2.05, 4.69) is 15.2 Å². The molecule has 1 aromatic heterocycles. The Morgan fingerprint density at radius 1 is 1.23 bits per heavy atom. The number of para-hydroxylation sites is 1. The van der Waals surface area contributed by atoms with Crippen LogP contribution in [-0.4, -0.2) is 34.4 Å². The first-order valence-electron chi connectivity index (χ1n) is 7.76. The number of alkyl halides is 2. The van der Waals surface area contributed by atoms with Crippen LogP contribution < -0.4 is 10.1 Å². The maximum Gasteiger partial charge on any atom is 0.387 e. The van der Waals surface area contributed by atoms with Gasteiger partial charge >= 0.3 is 12.6 Å². The number of esters is 1. The van der Waals surface area contributed by atoms with Crippen molar-refractivity contribution in [2.45, 2.75) is 33.5 Å². The summed E-state index contributed by atoms with van der Waals surface area (Å²) in [6.07, 6.45) is -1.15. The summed E-state index contributed by atoms with van der Waals surface area (Å²) in [5.74, 6) is -1.83. The molecule has 1 atom stereocenters. The van der Waals surface area contributed by atoms with E-state index in [1.165, 1.54) is 31.2 Å². The zero-order valence-electron chi connectivity index (χ0n) is 14.7. The lowest BCUT2D eigenvalue weighted by molar-refractivity contribution is -0.123. The minimum absolute atomic E-state index is 0.193. The van der Waals surface area contributed by atoms with Crippen molar-refractivity contribution in [2.24, 2.45) is 7.05 Å². The molecular weight excluding hydrogens is 348 g/mol. The molecule has 2 aromatic rings. The van der Waals surface area contributed by atoms with Gasteiger partial charge in [-0.3, -0.25) is 9.48 Å². The third-order valence-electron chi connectivity index (χ3n) is 3.73. The van der Waals surface area contributed by atoms with Crippen LogP contribution in [0.2, 0.25) is 0 Å². The summed E-state index contributed by atoms with van der Waals surface area (Å²) in [7, 11) is 1.74. The van der Waals surface area contributed by atoms with Crippen LogP contribution in [0.3, 0.4) is 0 Å². The monoisotopic (exact) mass is 367 g/mol. The smallest absolute Gasteiger partial charge is 0.387 e. The Kier molecular flexibility index (Phi) is 5.91.